The zero-order chi connectivity index (χ0) is 21.8. The Labute approximate surface area is 181 Å². The molecular weight excluding hydrogens is 392 g/mol. The summed E-state index contributed by atoms with van der Waals surface area (Å²) in [6.45, 7) is 6.22. The molecule has 0 bridgehead atoms. The Morgan fingerprint density at radius 3 is 2.71 bits per heavy atom. The van der Waals surface area contributed by atoms with Crippen molar-refractivity contribution in [3.8, 4) is 5.75 Å². The highest BCUT2D eigenvalue weighted by atomic mass is 16.5. The van der Waals surface area contributed by atoms with Crippen LogP contribution in [0.2, 0.25) is 0 Å². The maximum absolute atomic E-state index is 12.4. The van der Waals surface area contributed by atoms with Gasteiger partial charge in [0.2, 0.25) is 11.2 Å². The summed E-state index contributed by atoms with van der Waals surface area (Å²) in [5, 5.41) is 2.80. The number of quaternary nitrogens is 1. The summed E-state index contributed by atoms with van der Waals surface area (Å²) in [5.41, 5.74) is 5.29. The minimum atomic E-state index is -0.327. The number of hydrogen-bond donors (Lipinski definition) is 2. The van der Waals surface area contributed by atoms with Gasteiger partial charge in [0.05, 0.1) is 6.54 Å². The fraction of sp³-hybridized carbons (Fsp3) is 0.280. The quantitative estimate of drug-likeness (QED) is 0.644. The normalized spacial score (nSPS) is 15.2. The second kappa shape index (κ2) is 9.18. The number of benzene rings is 2. The number of amides is 1. The molecule has 1 amide bonds. The second-order valence-corrected chi connectivity index (χ2v) is 8.10. The van der Waals surface area contributed by atoms with E-state index >= 15 is 0 Å². The molecule has 1 aromatic heterocycles. The average Bonchev–Trinajstić information content (AvgIpc) is 2.75. The maximum Gasteiger partial charge on any atom is 0.262 e. The van der Waals surface area contributed by atoms with Crippen molar-refractivity contribution < 1.29 is 18.8 Å². The number of nitrogens with one attached hydrogen (secondary N) is 2. The molecule has 1 atom stereocenters. The zero-order valence-electron chi connectivity index (χ0n) is 17.9. The Kier molecular flexibility index (Phi) is 6.18. The summed E-state index contributed by atoms with van der Waals surface area (Å²) in [7, 11) is 0. The Balaban J connectivity index is 1.32. The highest BCUT2D eigenvalue weighted by Gasteiger charge is 2.20. The molecular formula is C25H27N2O4+. The van der Waals surface area contributed by atoms with Gasteiger partial charge < -0.3 is 19.4 Å². The third kappa shape index (κ3) is 5.22. The second-order valence-electron chi connectivity index (χ2n) is 8.10. The first-order valence-corrected chi connectivity index (χ1v) is 10.5. The van der Waals surface area contributed by atoms with Gasteiger partial charge in [-0.1, -0.05) is 42.0 Å². The molecule has 1 unspecified atom stereocenters. The summed E-state index contributed by atoms with van der Waals surface area (Å²) in [6.07, 6.45) is 2.33. The number of ether oxygens (including phenoxy) is 1. The molecule has 1 aliphatic heterocycles. The molecule has 0 saturated heterocycles. The van der Waals surface area contributed by atoms with Gasteiger partial charge in [-0.05, 0) is 31.0 Å². The minimum Gasteiger partial charge on any atom is -0.477 e. The van der Waals surface area contributed by atoms with Crippen molar-refractivity contribution in [2.75, 3.05) is 18.5 Å². The topological polar surface area (TPSA) is 73.0 Å². The van der Waals surface area contributed by atoms with Crippen LogP contribution in [0.3, 0.4) is 0 Å². The molecule has 0 saturated carbocycles. The van der Waals surface area contributed by atoms with Crippen molar-refractivity contribution in [2.45, 2.75) is 33.4 Å². The Bertz CT molecular complexity index is 1150. The van der Waals surface area contributed by atoms with Crippen LogP contribution >= 0.6 is 0 Å². The fourth-order valence-electron chi connectivity index (χ4n) is 3.96. The largest absolute Gasteiger partial charge is 0.477 e. The molecule has 0 aliphatic carbocycles. The van der Waals surface area contributed by atoms with Crippen molar-refractivity contribution in [2.24, 2.45) is 0 Å². The van der Waals surface area contributed by atoms with Gasteiger partial charge in [-0.15, -0.1) is 0 Å². The number of anilines is 1. The molecule has 0 radical (unpaired) electrons. The van der Waals surface area contributed by atoms with E-state index in [0.717, 1.165) is 36.3 Å². The fourth-order valence-corrected chi connectivity index (χ4v) is 3.96. The van der Waals surface area contributed by atoms with Crippen LogP contribution in [0.4, 0.5) is 5.69 Å². The first kappa shape index (κ1) is 20.9. The van der Waals surface area contributed by atoms with Crippen LogP contribution in [-0.2, 0) is 24.3 Å². The zero-order valence-corrected chi connectivity index (χ0v) is 17.9. The van der Waals surface area contributed by atoms with Gasteiger partial charge in [0.1, 0.15) is 19.4 Å². The molecule has 4 rings (SSSR count). The van der Waals surface area contributed by atoms with E-state index in [0.29, 0.717) is 12.3 Å². The summed E-state index contributed by atoms with van der Waals surface area (Å²) in [4.78, 5) is 26.0. The van der Waals surface area contributed by atoms with Gasteiger partial charge in [-0.3, -0.25) is 9.59 Å². The van der Waals surface area contributed by atoms with Crippen molar-refractivity contribution >= 4 is 11.6 Å². The number of aryl methyl sites for hydroxylation is 2. The van der Waals surface area contributed by atoms with Crippen molar-refractivity contribution in [1.82, 2.24) is 0 Å². The molecule has 2 aromatic carbocycles. The predicted octanol–water partition coefficient (Wildman–Crippen LogP) is 2.42. The first-order chi connectivity index (χ1) is 15.0. The molecule has 0 spiro atoms. The van der Waals surface area contributed by atoms with Crippen LogP contribution < -0.4 is 20.4 Å². The van der Waals surface area contributed by atoms with Crippen LogP contribution in [0.15, 0.2) is 64.0 Å². The third-order valence-electron chi connectivity index (χ3n) is 5.60. The smallest absolute Gasteiger partial charge is 0.262 e. The van der Waals surface area contributed by atoms with E-state index in [1.54, 1.807) is 0 Å². The number of carbonyl (C=O) groups is 1. The minimum absolute atomic E-state index is 0.0403. The summed E-state index contributed by atoms with van der Waals surface area (Å²) in [6, 6.07) is 15.7. The van der Waals surface area contributed by atoms with E-state index in [2.05, 4.69) is 29.6 Å². The van der Waals surface area contributed by atoms with Gasteiger partial charge in [-0.25, -0.2) is 0 Å². The lowest BCUT2D eigenvalue weighted by Gasteiger charge is -2.25. The molecule has 160 valence electrons. The van der Waals surface area contributed by atoms with Crippen LogP contribution in [-0.4, -0.2) is 19.1 Å². The van der Waals surface area contributed by atoms with Gasteiger partial charge >= 0.3 is 0 Å². The Morgan fingerprint density at radius 1 is 1.13 bits per heavy atom. The molecule has 6 heteroatoms. The van der Waals surface area contributed by atoms with E-state index in [1.807, 2.05) is 32.0 Å². The van der Waals surface area contributed by atoms with Crippen molar-refractivity contribution in [3.63, 3.8) is 0 Å². The lowest BCUT2D eigenvalue weighted by Crippen LogP contribution is -3.10. The SMILES string of the molecule is Cc1ccc(NC(=O)COc2coc(C[NH+]3CCc4ccccc4C3)cc2=O)c(C)c1. The first-order valence-electron chi connectivity index (χ1n) is 10.5. The number of rotatable bonds is 6. The summed E-state index contributed by atoms with van der Waals surface area (Å²) < 4.78 is 11.0. The van der Waals surface area contributed by atoms with Gasteiger partial charge in [0.25, 0.3) is 5.91 Å². The number of hydrogen-bond acceptors (Lipinski definition) is 4. The maximum atomic E-state index is 12.4. The van der Waals surface area contributed by atoms with Crippen molar-refractivity contribution in [3.05, 3.63) is 93.0 Å². The van der Waals surface area contributed by atoms with Crippen molar-refractivity contribution in [1.29, 1.82) is 0 Å². The molecule has 3 aromatic rings. The molecule has 2 N–H and O–H groups in total. The monoisotopic (exact) mass is 419 g/mol. The standard InChI is InChI=1S/C25H26N2O4/c1-17-7-8-22(18(2)11-17)26-25(29)16-31-24-15-30-21(12-23(24)28)14-27-10-9-19-5-3-4-6-20(19)13-27/h3-8,11-12,15H,9-10,13-14,16H2,1-2H3,(H,26,29)/p+1. The highest BCUT2D eigenvalue weighted by Crippen LogP contribution is 2.16. The van der Waals surface area contributed by atoms with E-state index in [1.165, 1.54) is 28.4 Å². The number of fused-ring (bicyclic) bond motifs is 1. The predicted molar refractivity (Wildman–Crippen MR) is 118 cm³/mol. The van der Waals surface area contributed by atoms with Gasteiger partial charge in [-0.2, -0.15) is 0 Å². The summed E-state index contributed by atoms with van der Waals surface area (Å²) >= 11 is 0. The van der Waals surface area contributed by atoms with E-state index in [9.17, 15) is 9.59 Å². The van der Waals surface area contributed by atoms with Crippen LogP contribution in [0.1, 0.15) is 28.0 Å². The van der Waals surface area contributed by atoms with Gasteiger partial charge in [0.15, 0.2) is 12.4 Å². The van der Waals surface area contributed by atoms with E-state index in [-0.39, 0.29) is 23.7 Å². The number of carbonyl (C=O) groups excluding carboxylic acids is 1. The average molecular weight is 420 g/mol. The van der Waals surface area contributed by atoms with Crippen LogP contribution in [0, 0.1) is 13.8 Å². The molecule has 1 aliphatic rings. The van der Waals surface area contributed by atoms with Crippen LogP contribution in [0.25, 0.3) is 0 Å². The lowest BCUT2D eigenvalue weighted by atomic mass is 10.00. The highest BCUT2D eigenvalue weighted by molar-refractivity contribution is 5.92. The van der Waals surface area contributed by atoms with E-state index in [4.69, 9.17) is 9.15 Å². The molecule has 31 heavy (non-hydrogen) atoms. The van der Waals surface area contributed by atoms with Crippen LogP contribution in [0.5, 0.6) is 5.75 Å². The van der Waals surface area contributed by atoms with E-state index < -0.39 is 0 Å². The molecule has 0 fully saturated rings. The molecule has 2 heterocycles. The Hall–Kier alpha value is -3.38. The Morgan fingerprint density at radius 2 is 1.94 bits per heavy atom. The van der Waals surface area contributed by atoms with Gasteiger partial charge in [0, 0.05) is 23.7 Å². The lowest BCUT2D eigenvalue weighted by molar-refractivity contribution is -0.930. The summed E-state index contributed by atoms with van der Waals surface area (Å²) in [5.74, 6) is 0.330. The molecule has 6 nitrogen and oxygen atoms in total. The third-order valence-corrected chi connectivity index (χ3v) is 5.60.